The molecule has 0 spiro atoms. The first-order chi connectivity index (χ1) is 17.1. The van der Waals surface area contributed by atoms with Gasteiger partial charge in [-0.2, -0.15) is 0 Å². The van der Waals surface area contributed by atoms with Gasteiger partial charge in [0.2, 0.25) is 6.29 Å². The fourth-order valence-corrected chi connectivity index (χ4v) is 3.64. The van der Waals surface area contributed by atoms with Gasteiger partial charge in [0.1, 0.15) is 48.1 Å². The van der Waals surface area contributed by atoms with Crippen molar-refractivity contribution in [3.8, 4) is 28.7 Å². The quantitative estimate of drug-likeness (QED) is 0.246. The average Bonchev–Trinajstić information content (AvgIpc) is 2.87. The molecule has 5 unspecified atom stereocenters. The number of benzene rings is 2. The number of phenolic OH excluding ortho intramolecular Hbond substituents is 4. The second kappa shape index (κ2) is 11.3. The Balaban J connectivity index is 1.78. The number of hydrogen-bond acceptors (Lipinski definition) is 13. The first-order valence-corrected chi connectivity index (χ1v) is 10.5. The highest BCUT2D eigenvalue weighted by atomic mass is 16.7. The molecule has 1 fully saturated rings. The second-order valence-corrected chi connectivity index (χ2v) is 7.68. The van der Waals surface area contributed by atoms with Crippen LogP contribution in [0.1, 0.15) is 20.7 Å². The molecule has 196 valence electrons. The molecule has 36 heavy (non-hydrogen) atoms. The van der Waals surface area contributed by atoms with Crippen molar-refractivity contribution in [2.24, 2.45) is 0 Å². The Morgan fingerprint density at radius 3 is 2.11 bits per heavy atom. The van der Waals surface area contributed by atoms with Gasteiger partial charge in [-0.15, -0.1) is 0 Å². The fourth-order valence-electron chi connectivity index (χ4n) is 3.64. The number of carbonyl (C=O) groups is 2. The van der Waals surface area contributed by atoms with Gasteiger partial charge in [0.15, 0.2) is 17.2 Å². The molecule has 2 aromatic rings. The van der Waals surface area contributed by atoms with Gasteiger partial charge in [-0.3, -0.25) is 0 Å². The molecule has 5 atom stereocenters. The first kappa shape index (κ1) is 26.8. The summed E-state index contributed by atoms with van der Waals surface area (Å²) in [4.78, 5) is 24.3. The minimum atomic E-state index is -1.38. The van der Waals surface area contributed by atoms with Crippen LogP contribution in [0.2, 0.25) is 0 Å². The molecule has 0 aromatic heterocycles. The lowest BCUT2D eigenvalue weighted by atomic mass is 9.98. The number of aromatic hydroxyl groups is 4. The molecule has 1 aliphatic heterocycles. The van der Waals surface area contributed by atoms with Crippen molar-refractivity contribution in [3.05, 3.63) is 41.5 Å². The number of carbonyl (C=O) groups excluding carboxylic acids is 2. The zero-order valence-electron chi connectivity index (χ0n) is 19.5. The van der Waals surface area contributed by atoms with Gasteiger partial charge in [-0.05, 0) is 30.3 Å². The summed E-state index contributed by atoms with van der Waals surface area (Å²) in [6.07, 6.45) is -5.68. The highest BCUT2D eigenvalue weighted by Gasteiger charge is 2.47. The van der Waals surface area contributed by atoms with Crippen LogP contribution in [0.25, 0.3) is 0 Å². The van der Waals surface area contributed by atoms with Gasteiger partial charge in [-0.1, -0.05) is 0 Å². The number of hydrogen-bond donors (Lipinski definition) is 5. The summed E-state index contributed by atoms with van der Waals surface area (Å²) >= 11 is 0. The highest BCUT2D eigenvalue weighted by molar-refractivity contribution is 5.92. The molecule has 0 bridgehead atoms. The maximum atomic E-state index is 12.4. The Labute approximate surface area is 204 Å². The number of methoxy groups -OCH3 is 3. The van der Waals surface area contributed by atoms with Gasteiger partial charge >= 0.3 is 11.9 Å². The fraction of sp³-hybridized carbons (Fsp3) is 0.391. The van der Waals surface area contributed by atoms with E-state index in [-0.39, 0.29) is 22.6 Å². The SMILES string of the molecule is COC(=O)c1cc(OC2OC(COC(=O)c3cc(O)c(O)c(O)c3)C(OC)C(OC)C2O)ccc1O. The van der Waals surface area contributed by atoms with E-state index in [0.29, 0.717) is 0 Å². The van der Waals surface area contributed by atoms with E-state index in [1.165, 1.54) is 32.4 Å². The van der Waals surface area contributed by atoms with Crippen LogP contribution in [0.3, 0.4) is 0 Å². The Kier molecular flexibility index (Phi) is 8.42. The Morgan fingerprint density at radius 1 is 0.889 bits per heavy atom. The molecule has 1 saturated heterocycles. The topological polar surface area (TPSA) is 191 Å². The third-order valence-electron chi connectivity index (χ3n) is 5.47. The first-order valence-electron chi connectivity index (χ1n) is 10.5. The van der Waals surface area contributed by atoms with Crippen molar-refractivity contribution < 1.29 is 63.5 Å². The van der Waals surface area contributed by atoms with Crippen molar-refractivity contribution in [1.29, 1.82) is 0 Å². The molecular formula is C23H26O13. The summed E-state index contributed by atoms with van der Waals surface area (Å²) < 4.78 is 32.0. The molecule has 0 aliphatic carbocycles. The molecule has 2 aromatic carbocycles. The molecule has 0 radical (unpaired) electrons. The summed E-state index contributed by atoms with van der Waals surface area (Å²) in [7, 11) is 3.80. The lowest BCUT2D eigenvalue weighted by Crippen LogP contribution is -2.61. The van der Waals surface area contributed by atoms with Crippen LogP contribution in [0, 0.1) is 0 Å². The van der Waals surface area contributed by atoms with E-state index >= 15 is 0 Å². The lowest BCUT2D eigenvalue weighted by molar-refractivity contribution is -0.286. The molecule has 0 amide bonds. The van der Waals surface area contributed by atoms with E-state index in [1.54, 1.807) is 0 Å². The smallest absolute Gasteiger partial charge is 0.341 e. The summed E-state index contributed by atoms with van der Waals surface area (Å²) in [5.41, 5.74) is -0.424. The standard InChI is InChI=1S/C23H26O13/c1-31-19-16(9-34-21(29)10-6-14(25)17(27)15(26)7-10)36-23(18(28)20(19)32-2)35-11-4-5-13(24)12(8-11)22(30)33-3/h4-8,16,18-20,23-28H,9H2,1-3H3. The maximum absolute atomic E-state index is 12.4. The van der Waals surface area contributed by atoms with Crippen LogP contribution >= 0.6 is 0 Å². The van der Waals surface area contributed by atoms with Crippen molar-refractivity contribution in [3.63, 3.8) is 0 Å². The minimum Gasteiger partial charge on any atom is -0.507 e. The number of rotatable bonds is 8. The summed E-state index contributed by atoms with van der Waals surface area (Å²) in [5, 5.41) is 49.3. The largest absolute Gasteiger partial charge is 0.507 e. The Morgan fingerprint density at radius 2 is 1.53 bits per heavy atom. The van der Waals surface area contributed by atoms with Crippen LogP contribution in [0.15, 0.2) is 30.3 Å². The predicted octanol–water partition coefficient (Wildman–Crippen LogP) is 0.647. The number of aliphatic hydroxyl groups is 1. The van der Waals surface area contributed by atoms with Crippen LogP contribution in [0.5, 0.6) is 28.7 Å². The van der Waals surface area contributed by atoms with E-state index in [9.17, 15) is 35.1 Å². The van der Waals surface area contributed by atoms with Crippen molar-refractivity contribution >= 4 is 11.9 Å². The normalized spacial score (nSPS) is 23.6. The molecule has 5 N–H and O–H groups in total. The van der Waals surface area contributed by atoms with Gasteiger partial charge in [0, 0.05) is 14.2 Å². The molecule has 1 heterocycles. The Hall–Kier alpha value is -3.78. The van der Waals surface area contributed by atoms with E-state index < -0.39 is 66.5 Å². The predicted molar refractivity (Wildman–Crippen MR) is 118 cm³/mol. The molecule has 13 nitrogen and oxygen atoms in total. The van der Waals surface area contributed by atoms with Gasteiger partial charge in [0.05, 0.1) is 12.7 Å². The summed E-state index contributed by atoms with van der Waals surface area (Å²) in [6, 6.07) is 5.54. The van der Waals surface area contributed by atoms with Crippen LogP contribution < -0.4 is 4.74 Å². The van der Waals surface area contributed by atoms with Crippen molar-refractivity contribution in [2.75, 3.05) is 27.9 Å². The lowest BCUT2D eigenvalue weighted by Gasteiger charge is -2.42. The van der Waals surface area contributed by atoms with Gasteiger partial charge in [-0.25, -0.2) is 9.59 Å². The van der Waals surface area contributed by atoms with E-state index in [2.05, 4.69) is 4.74 Å². The zero-order chi connectivity index (χ0) is 26.6. The highest BCUT2D eigenvalue weighted by Crippen LogP contribution is 2.36. The van der Waals surface area contributed by atoms with Crippen LogP contribution in [-0.2, 0) is 23.7 Å². The summed E-state index contributed by atoms with van der Waals surface area (Å²) in [5.74, 6) is -4.29. The Bertz CT molecular complexity index is 1080. The van der Waals surface area contributed by atoms with Gasteiger partial charge in [0.25, 0.3) is 0 Å². The van der Waals surface area contributed by atoms with Gasteiger partial charge < -0.3 is 54.0 Å². The average molecular weight is 510 g/mol. The molecule has 13 heteroatoms. The zero-order valence-corrected chi connectivity index (χ0v) is 19.5. The summed E-state index contributed by atoms with van der Waals surface area (Å²) in [6.45, 7) is -0.421. The maximum Gasteiger partial charge on any atom is 0.341 e. The van der Waals surface area contributed by atoms with E-state index in [0.717, 1.165) is 19.2 Å². The number of aliphatic hydroxyl groups excluding tert-OH is 1. The van der Waals surface area contributed by atoms with Crippen LogP contribution in [-0.4, -0.2) is 96.1 Å². The number of esters is 2. The third kappa shape index (κ3) is 5.54. The second-order valence-electron chi connectivity index (χ2n) is 7.68. The minimum absolute atomic E-state index is 0.0498. The third-order valence-corrected chi connectivity index (χ3v) is 5.47. The number of phenols is 4. The monoisotopic (exact) mass is 510 g/mol. The van der Waals surface area contributed by atoms with Crippen molar-refractivity contribution in [1.82, 2.24) is 0 Å². The van der Waals surface area contributed by atoms with E-state index in [1.807, 2.05) is 0 Å². The van der Waals surface area contributed by atoms with Crippen molar-refractivity contribution in [2.45, 2.75) is 30.7 Å². The van der Waals surface area contributed by atoms with Crippen LogP contribution in [0.4, 0.5) is 0 Å². The molecular weight excluding hydrogens is 484 g/mol. The van der Waals surface area contributed by atoms with E-state index in [4.69, 9.17) is 23.7 Å². The molecule has 0 saturated carbocycles. The number of ether oxygens (including phenoxy) is 6. The molecule has 3 rings (SSSR count). The molecule has 1 aliphatic rings.